The number of nitrogens with zero attached hydrogens (tertiary/aromatic N) is 3. The Balaban J connectivity index is 2.41. The Bertz CT molecular complexity index is 729. The molecular formula is C14H10N4O2. The van der Waals surface area contributed by atoms with Gasteiger partial charge in [0.05, 0.1) is 24.3 Å². The number of nitrogen functional groups attached to an aromatic ring is 1. The molecule has 1 aromatic heterocycles. The first-order valence-electron chi connectivity index (χ1n) is 5.60. The van der Waals surface area contributed by atoms with Crippen LogP contribution in [0.4, 0.5) is 5.69 Å². The predicted octanol–water partition coefficient (Wildman–Crippen LogP) is 2.21. The van der Waals surface area contributed by atoms with Crippen LogP contribution in [0.5, 0.6) is 17.4 Å². The molecule has 2 aromatic rings. The van der Waals surface area contributed by atoms with E-state index in [1.165, 1.54) is 19.4 Å². The van der Waals surface area contributed by atoms with Crippen LogP contribution in [-0.2, 0) is 0 Å². The Morgan fingerprint density at radius 2 is 1.95 bits per heavy atom. The number of hydrogen-bond acceptors (Lipinski definition) is 6. The summed E-state index contributed by atoms with van der Waals surface area (Å²) in [4.78, 5) is 3.98. The van der Waals surface area contributed by atoms with E-state index in [0.717, 1.165) is 0 Å². The lowest BCUT2D eigenvalue weighted by atomic mass is 10.2. The van der Waals surface area contributed by atoms with Crippen LogP contribution in [0, 0.1) is 22.7 Å². The van der Waals surface area contributed by atoms with E-state index in [-0.39, 0.29) is 17.1 Å². The van der Waals surface area contributed by atoms with Crippen molar-refractivity contribution < 1.29 is 9.47 Å². The Kier molecular flexibility index (Phi) is 3.69. The zero-order valence-corrected chi connectivity index (χ0v) is 10.6. The summed E-state index contributed by atoms with van der Waals surface area (Å²) >= 11 is 0. The number of aromatic nitrogens is 1. The van der Waals surface area contributed by atoms with E-state index in [1.807, 2.05) is 12.1 Å². The van der Waals surface area contributed by atoms with Gasteiger partial charge in [-0.2, -0.15) is 10.5 Å². The molecular weight excluding hydrogens is 256 g/mol. The fraction of sp³-hybridized carbons (Fsp3) is 0.0714. The van der Waals surface area contributed by atoms with Crippen molar-refractivity contribution in [3.8, 4) is 29.5 Å². The Hall–Kier alpha value is -3.25. The number of anilines is 1. The minimum absolute atomic E-state index is 0.118. The van der Waals surface area contributed by atoms with E-state index in [2.05, 4.69) is 4.98 Å². The number of nitrogens with two attached hydrogens (primary N) is 1. The van der Waals surface area contributed by atoms with Crippen LogP contribution in [0.15, 0.2) is 30.5 Å². The third kappa shape index (κ3) is 2.45. The molecule has 2 N–H and O–H groups in total. The molecule has 0 saturated heterocycles. The summed E-state index contributed by atoms with van der Waals surface area (Å²) in [5.74, 6) is 0.862. The number of ether oxygens (including phenoxy) is 2. The standard InChI is InChI=1S/C14H10N4O2/c1-19-12-6-9(7-15)2-3-11(12)20-14-13(17)10(8-16)4-5-18-14/h2-6H,17H2,1H3. The fourth-order valence-electron chi connectivity index (χ4n) is 1.56. The summed E-state index contributed by atoms with van der Waals surface area (Å²) in [7, 11) is 1.46. The van der Waals surface area contributed by atoms with E-state index in [0.29, 0.717) is 17.1 Å². The molecule has 1 aromatic carbocycles. The van der Waals surface area contributed by atoms with Gasteiger partial charge in [-0.15, -0.1) is 0 Å². The Morgan fingerprint density at radius 3 is 2.60 bits per heavy atom. The topological polar surface area (TPSA) is 105 Å². The molecule has 2 rings (SSSR count). The van der Waals surface area contributed by atoms with Crippen molar-refractivity contribution in [3.05, 3.63) is 41.6 Å². The van der Waals surface area contributed by atoms with Gasteiger partial charge in [0, 0.05) is 12.3 Å². The molecule has 0 saturated carbocycles. The van der Waals surface area contributed by atoms with Crippen LogP contribution in [-0.4, -0.2) is 12.1 Å². The number of pyridine rings is 1. The monoisotopic (exact) mass is 266 g/mol. The zero-order chi connectivity index (χ0) is 14.5. The lowest BCUT2D eigenvalue weighted by Gasteiger charge is -2.11. The van der Waals surface area contributed by atoms with Gasteiger partial charge in [-0.25, -0.2) is 4.98 Å². The molecule has 0 bridgehead atoms. The zero-order valence-electron chi connectivity index (χ0n) is 10.6. The lowest BCUT2D eigenvalue weighted by molar-refractivity contribution is 0.375. The van der Waals surface area contributed by atoms with Gasteiger partial charge in [0.1, 0.15) is 11.8 Å². The van der Waals surface area contributed by atoms with Crippen LogP contribution >= 0.6 is 0 Å². The van der Waals surface area contributed by atoms with Gasteiger partial charge in [0.15, 0.2) is 11.5 Å². The summed E-state index contributed by atoms with van der Waals surface area (Å²) in [5, 5.41) is 17.7. The molecule has 6 heteroatoms. The maximum atomic E-state index is 8.90. The maximum Gasteiger partial charge on any atom is 0.244 e. The molecule has 6 nitrogen and oxygen atoms in total. The molecule has 0 aliphatic carbocycles. The highest BCUT2D eigenvalue weighted by atomic mass is 16.5. The molecule has 98 valence electrons. The first-order chi connectivity index (χ1) is 9.69. The third-order valence-corrected chi connectivity index (χ3v) is 2.57. The molecule has 0 spiro atoms. The quantitative estimate of drug-likeness (QED) is 0.913. The van der Waals surface area contributed by atoms with Crippen molar-refractivity contribution in [1.82, 2.24) is 4.98 Å². The van der Waals surface area contributed by atoms with Gasteiger partial charge >= 0.3 is 0 Å². The molecule has 1 heterocycles. The van der Waals surface area contributed by atoms with Crippen LogP contribution < -0.4 is 15.2 Å². The molecule has 0 radical (unpaired) electrons. The predicted molar refractivity (Wildman–Crippen MR) is 71.1 cm³/mol. The third-order valence-electron chi connectivity index (χ3n) is 2.57. The van der Waals surface area contributed by atoms with Crippen molar-refractivity contribution in [1.29, 1.82) is 10.5 Å². The second-order valence-electron chi connectivity index (χ2n) is 3.77. The minimum atomic E-state index is 0.118. The van der Waals surface area contributed by atoms with E-state index < -0.39 is 0 Å². The van der Waals surface area contributed by atoms with Gasteiger partial charge in [0.25, 0.3) is 0 Å². The summed E-state index contributed by atoms with van der Waals surface area (Å²) in [6, 6.07) is 10.2. The van der Waals surface area contributed by atoms with E-state index in [9.17, 15) is 0 Å². The smallest absolute Gasteiger partial charge is 0.244 e. The van der Waals surface area contributed by atoms with Crippen LogP contribution in [0.2, 0.25) is 0 Å². The summed E-state index contributed by atoms with van der Waals surface area (Å²) < 4.78 is 10.7. The Labute approximate surface area is 115 Å². The number of rotatable bonds is 3. The van der Waals surface area contributed by atoms with Crippen molar-refractivity contribution in [3.63, 3.8) is 0 Å². The van der Waals surface area contributed by atoms with E-state index in [1.54, 1.807) is 18.2 Å². The lowest BCUT2D eigenvalue weighted by Crippen LogP contribution is -1.99. The second kappa shape index (κ2) is 5.59. The maximum absolute atomic E-state index is 8.90. The molecule has 0 amide bonds. The number of benzene rings is 1. The fourth-order valence-corrected chi connectivity index (χ4v) is 1.56. The van der Waals surface area contributed by atoms with Crippen molar-refractivity contribution >= 4 is 5.69 Å². The van der Waals surface area contributed by atoms with Gasteiger partial charge in [-0.1, -0.05) is 0 Å². The molecule has 0 unspecified atom stereocenters. The van der Waals surface area contributed by atoms with Crippen molar-refractivity contribution in [2.45, 2.75) is 0 Å². The average molecular weight is 266 g/mol. The number of hydrogen-bond donors (Lipinski definition) is 1. The van der Waals surface area contributed by atoms with Gasteiger partial charge in [-0.3, -0.25) is 0 Å². The second-order valence-corrected chi connectivity index (χ2v) is 3.77. The summed E-state index contributed by atoms with van der Waals surface area (Å²) in [6.07, 6.45) is 1.43. The van der Waals surface area contributed by atoms with E-state index >= 15 is 0 Å². The minimum Gasteiger partial charge on any atom is -0.493 e. The highest BCUT2D eigenvalue weighted by molar-refractivity contribution is 5.61. The first kappa shape index (κ1) is 13.2. The van der Waals surface area contributed by atoms with Gasteiger partial charge in [-0.05, 0) is 18.2 Å². The van der Waals surface area contributed by atoms with Crippen molar-refractivity contribution in [2.24, 2.45) is 0 Å². The highest BCUT2D eigenvalue weighted by Gasteiger charge is 2.12. The summed E-state index contributed by atoms with van der Waals surface area (Å²) in [5.41, 5.74) is 6.67. The normalized spacial score (nSPS) is 9.35. The van der Waals surface area contributed by atoms with E-state index in [4.69, 9.17) is 25.7 Å². The van der Waals surface area contributed by atoms with Gasteiger partial charge < -0.3 is 15.2 Å². The average Bonchev–Trinajstić information content (AvgIpc) is 2.49. The molecule has 0 aliphatic rings. The highest BCUT2D eigenvalue weighted by Crippen LogP contribution is 2.34. The molecule has 0 atom stereocenters. The van der Waals surface area contributed by atoms with Gasteiger partial charge in [0.2, 0.25) is 5.88 Å². The summed E-state index contributed by atoms with van der Waals surface area (Å²) in [6.45, 7) is 0. The van der Waals surface area contributed by atoms with Crippen LogP contribution in [0.25, 0.3) is 0 Å². The number of nitriles is 2. The SMILES string of the molecule is COc1cc(C#N)ccc1Oc1nccc(C#N)c1N. The van der Waals surface area contributed by atoms with Crippen molar-refractivity contribution in [2.75, 3.05) is 12.8 Å². The molecule has 0 fully saturated rings. The molecule has 20 heavy (non-hydrogen) atoms. The van der Waals surface area contributed by atoms with Crippen LogP contribution in [0.3, 0.4) is 0 Å². The number of methoxy groups -OCH3 is 1. The Morgan fingerprint density at radius 1 is 1.15 bits per heavy atom. The molecule has 0 aliphatic heterocycles. The first-order valence-corrected chi connectivity index (χ1v) is 5.60. The van der Waals surface area contributed by atoms with Crippen LogP contribution in [0.1, 0.15) is 11.1 Å². The largest absolute Gasteiger partial charge is 0.493 e.